The summed E-state index contributed by atoms with van der Waals surface area (Å²) in [5.74, 6) is 0. The molecular weight excluding hydrogens is 335 g/mol. The number of halogens is 3. The average molecular weight is 346 g/mol. The Balaban J connectivity index is 2.18. The fourth-order valence-corrected chi connectivity index (χ4v) is 2.33. The quantitative estimate of drug-likeness (QED) is 0.761. The summed E-state index contributed by atoms with van der Waals surface area (Å²) in [5, 5.41) is 4.70. The summed E-state index contributed by atoms with van der Waals surface area (Å²) in [6.07, 6.45) is 1.76. The summed E-state index contributed by atoms with van der Waals surface area (Å²) in [6, 6.07) is 9.34. The monoisotopic (exact) mass is 344 g/mol. The van der Waals surface area contributed by atoms with Gasteiger partial charge in [-0.1, -0.05) is 23.2 Å². The van der Waals surface area contributed by atoms with Crippen LogP contribution in [-0.4, -0.2) is 4.98 Å². The van der Waals surface area contributed by atoms with Crippen molar-refractivity contribution in [2.24, 2.45) is 0 Å². The first kappa shape index (κ1) is 13.7. The second-order valence-electron chi connectivity index (χ2n) is 3.90. The maximum Gasteiger partial charge on any atom is 0.106 e. The van der Waals surface area contributed by atoms with Crippen LogP contribution in [0.3, 0.4) is 0 Å². The summed E-state index contributed by atoms with van der Waals surface area (Å²) in [5.41, 5.74) is 1.90. The van der Waals surface area contributed by atoms with Crippen LogP contribution >= 0.6 is 39.1 Å². The molecule has 0 fully saturated rings. The van der Waals surface area contributed by atoms with Crippen molar-refractivity contribution in [3.8, 4) is 0 Å². The number of hydrogen-bond donors (Lipinski definition) is 1. The van der Waals surface area contributed by atoms with Crippen molar-refractivity contribution in [3.05, 3.63) is 56.7 Å². The van der Waals surface area contributed by atoms with Gasteiger partial charge in [0.2, 0.25) is 0 Å². The Labute approximate surface area is 124 Å². The standard InChI is InChI=1S/C13H11BrCl2N2/c1-8(11-6-9(15)2-4-12(11)16)18-10-3-5-13(14)17-7-10/h2-8,18H,1H3. The Morgan fingerprint density at radius 2 is 2.00 bits per heavy atom. The molecule has 1 aromatic heterocycles. The number of rotatable bonds is 3. The third kappa shape index (κ3) is 3.37. The number of benzene rings is 1. The van der Waals surface area contributed by atoms with Crippen LogP contribution in [0.5, 0.6) is 0 Å². The first-order valence-corrected chi connectivity index (χ1v) is 6.94. The van der Waals surface area contributed by atoms with E-state index in [2.05, 4.69) is 26.2 Å². The molecule has 1 aromatic carbocycles. The fraction of sp³-hybridized carbons (Fsp3) is 0.154. The Bertz CT molecular complexity index is 543. The van der Waals surface area contributed by atoms with E-state index in [1.807, 2.05) is 25.1 Å². The van der Waals surface area contributed by atoms with Gasteiger partial charge >= 0.3 is 0 Å². The second kappa shape index (κ2) is 5.91. The van der Waals surface area contributed by atoms with Gasteiger partial charge in [-0.3, -0.25) is 0 Å². The molecule has 1 atom stereocenters. The van der Waals surface area contributed by atoms with E-state index in [0.29, 0.717) is 10.0 Å². The number of nitrogens with zero attached hydrogens (tertiary/aromatic N) is 1. The average Bonchev–Trinajstić information content (AvgIpc) is 2.35. The van der Waals surface area contributed by atoms with Gasteiger partial charge in [0.25, 0.3) is 0 Å². The molecule has 1 N–H and O–H groups in total. The molecule has 0 aliphatic carbocycles. The van der Waals surface area contributed by atoms with Crippen LogP contribution in [0.4, 0.5) is 5.69 Å². The highest BCUT2D eigenvalue weighted by atomic mass is 79.9. The lowest BCUT2D eigenvalue weighted by Crippen LogP contribution is -2.07. The Morgan fingerprint density at radius 3 is 2.67 bits per heavy atom. The molecule has 0 amide bonds. The zero-order valence-electron chi connectivity index (χ0n) is 9.62. The van der Waals surface area contributed by atoms with Crippen LogP contribution in [0.15, 0.2) is 41.1 Å². The molecule has 5 heteroatoms. The topological polar surface area (TPSA) is 24.9 Å². The van der Waals surface area contributed by atoms with E-state index < -0.39 is 0 Å². The lowest BCUT2D eigenvalue weighted by Gasteiger charge is -2.17. The smallest absolute Gasteiger partial charge is 0.106 e. The molecule has 0 aliphatic heterocycles. The van der Waals surface area contributed by atoms with E-state index in [1.54, 1.807) is 18.3 Å². The van der Waals surface area contributed by atoms with Crippen LogP contribution in [0, 0.1) is 0 Å². The van der Waals surface area contributed by atoms with Gasteiger partial charge in [-0.05, 0) is 58.7 Å². The minimum absolute atomic E-state index is 0.0548. The highest BCUT2D eigenvalue weighted by molar-refractivity contribution is 9.10. The lowest BCUT2D eigenvalue weighted by molar-refractivity contribution is 0.883. The fourth-order valence-electron chi connectivity index (χ4n) is 1.64. The summed E-state index contributed by atoms with van der Waals surface area (Å²) < 4.78 is 0.807. The third-order valence-corrected chi connectivity index (χ3v) is 3.58. The zero-order chi connectivity index (χ0) is 13.1. The summed E-state index contributed by atoms with van der Waals surface area (Å²) in [4.78, 5) is 4.16. The predicted octanol–water partition coefficient (Wildman–Crippen LogP) is 5.32. The van der Waals surface area contributed by atoms with Gasteiger partial charge in [0.05, 0.1) is 17.9 Å². The van der Waals surface area contributed by atoms with Gasteiger partial charge < -0.3 is 5.32 Å². The summed E-state index contributed by atoms with van der Waals surface area (Å²) in [6.45, 7) is 2.03. The molecule has 0 bridgehead atoms. The van der Waals surface area contributed by atoms with E-state index in [-0.39, 0.29) is 6.04 Å². The van der Waals surface area contributed by atoms with E-state index in [1.165, 1.54) is 0 Å². The van der Waals surface area contributed by atoms with Crippen molar-refractivity contribution < 1.29 is 0 Å². The van der Waals surface area contributed by atoms with Gasteiger partial charge in [-0.25, -0.2) is 4.98 Å². The van der Waals surface area contributed by atoms with Crippen molar-refractivity contribution in [1.82, 2.24) is 4.98 Å². The van der Waals surface area contributed by atoms with E-state index >= 15 is 0 Å². The number of aromatic nitrogens is 1. The molecule has 0 radical (unpaired) electrons. The highest BCUT2D eigenvalue weighted by Gasteiger charge is 2.10. The van der Waals surface area contributed by atoms with Crippen LogP contribution in [0.1, 0.15) is 18.5 Å². The first-order chi connectivity index (χ1) is 8.56. The zero-order valence-corrected chi connectivity index (χ0v) is 12.7. The van der Waals surface area contributed by atoms with Crippen molar-refractivity contribution >= 4 is 44.8 Å². The summed E-state index contributed by atoms with van der Waals surface area (Å²) >= 11 is 15.4. The SMILES string of the molecule is CC(Nc1ccc(Br)nc1)c1cc(Cl)ccc1Cl. The van der Waals surface area contributed by atoms with Crippen LogP contribution in [0.25, 0.3) is 0 Å². The van der Waals surface area contributed by atoms with Crippen LogP contribution in [0.2, 0.25) is 10.0 Å². The molecular formula is C13H11BrCl2N2. The minimum Gasteiger partial charge on any atom is -0.377 e. The Kier molecular flexibility index (Phi) is 4.49. The molecule has 18 heavy (non-hydrogen) atoms. The van der Waals surface area contributed by atoms with Crippen molar-refractivity contribution in [1.29, 1.82) is 0 Å². The Hall–Kier alpha value is -0.770. The van der Waals surface area contributed by atoms with E-state index in [0.717, 1.165) is 15.9 Å². The van der Waals surface area contributed by atoms with E-state index in [9.17, 15) is 0 Å². The largest absolute Gasteiger partial charge is 0.377 e. The van der Waals surface area contributed by atoms with Gasteiger partial charge in [0.1, 0.15) is 4.60 Å². The van der Waals surface area contributed by atoms with Crippen molar-refractivity contribution in [2.75, 3.05) is 5.32 Å². The van der Waals surface area contributed by atoms with Crippen molar-refractivity contribution in [2.45, 2.75) is 13.0 Å². The lowest BCUT2D eigenvalue weighted by atomic mass is 10.1. The number of pyridine rings is 1. The van der Waals surface area contributed by atoms with Gasteiger partial charge in [0, 0.05) is 10.0 Å². The highest BCUT2D eigenvalue weighted by Crippen LogP contribution is 2.28. The number of nitrogens with one attached hydrogen (secondary N) is 1. The van der Waals surface area contributed by atoms with Gasteiger partial charge in [0.15, 0.2) is 0 Å². The van der Waals surface area contributed by atoms with Crippen LogP contribution < -0.4 is 5.32 Å². The molecule has 94 valence electrons. The van der Waals surface area contributed by atoms with Gasteiger partial charge in [-0.2, -0.15) is 0 Å². The molecule has 2 nitrogen and oxygen atoms in total. The molecule has 0 saturated carbocycles. The van der Waals surface area contributed by atoms with E-state index in [4.69, 9.17) is 23.2 Å². The van der Waals surface area contributed by atoms with Crippen molar-refractivity contribution in [3.63, 3.8) is 0 Å². The third-order valence-electron chi connectivity index (χ3n) is 2.54. The molecule has 1 heterocycles. The maximum absolute atomic E-state index is 6.16. The predicted molar refractivity (Wildman–Crippen MR) is 80.4 cm³/mol. The first-order valence-electron chi connectivity index (χ1n) is 5.39. The number of anilines is 1. The number of hydrogen-bond acceptors (Lipinski definition) is 2. The minimum atomic E-state index is 0.0548. The second-order valence-corrected chi connectivity index (χ2v) is 5.56. The maximum atomic E-state index is 6.16. The molecule has 0 aliphatic rings. The summed E-state index contributed by atoms with van der Waals surface area (Å²) in [7, 11) is 0. The normalized spacial score (nSPS) is 12.2. The molecule has 2 rings (SSSR count). The molecule has 0 spiro atoms. The van der Waals surface area contributed by atoms with Crippen LogP contribution in [-0.2, 0) is 0 Å². The van der Waals surface area contributed by atoms with Gasteiger partial charge in [-0.15, -0.1) is 0 Å². The molecule has 2 aromatic rings. The molecule has 1 unspecified atom stereocenters. The molecule has 0 saturated heterocycles. The Morgan fingerprint density at radius 1 is 1.22 bits per heavy atom.